The predicted molar refractivity (Wildman–Crippen MR) is 91.8 cm³/mol. The van der Waals surface area contributed by atoms with Crippen molar-refractivity contribution in [1.82, 2.24) is 0 Å². The second kappa shape index (κ2) is 7.62. The van der Waals surface area contributed by atoms with Crippen LogP contribution in [-0.4, -0.2) is 8.42 Å². The lowest BCUT2D eigenvalue weighted by molar-refractivity contribution is 0.464. The van der Waals surface area contributed by atoms with E-state index in [4.69, 9.17) is 11.6 Å². The fraction of sp³-hybridized carbons (Fsp3) is 0.333. The minimum absolute atomic E-state index is 0.0449. The van der Waals surface area contributed by atoms with Gasteiger partial charge in [-0.3, -0.25) is 0 Å². The van der Waals surface area contributed by atoms with Crippen molar-refractivity contribution in [2.45, 2.75) is 36.8 Å². The number of halogens is 3. The number of rotatable bonds is 6. The molecule has 0 aliphatic rings. The summed E-state index contributed by atoms with van der Waals surface area (Å²) in [5, 5.41) is -0.752. The van der Waals surface area contributed by atoms with Crippen LogP contribution in [0.5, 0.6) is 0 Å². The maximum absolute atomic E-state index is 14.3. The Hall–Kier alpha value is -1.46. The second-order valence-electron chi connectivity index (χ2n) is 5.85. The third kappa shape index (κ3) is 3.95. The zero-order valence-electron chi connectivity index (χ0n) is 13.5. The molecule has 24 heavy (non-hydrogen) atoms. The van der Waals surface area contributed by atoms with Crippen LogP contribution in [-0.2, 0) is 9.84 Å². The lowest BCUT2D eigenvalue weighted by atomic mass is 9.96. The van der Waals surface area contributed by atoms with E-state index in [1.807, 2.05) is 6.92 Å². The van der Waals surface area contributed by atoms with Crippen LogP contribution in [0.15, 0.2) is 47.4 Å². The lowest BCUT2D eigenvalue weighted by Gasteiger charge is -2.25. The Morgan fingerprint density at radius 3 is 2.29 bits per heavy atom. The zero-order chi connectivity index (χ0) is 17.9. The van der Waals surface area contributed by atoms with Crippen molar-refractivity contribution in [3.05, 3.63) is 64.7 Å². The summed E-state index contributed by atoms with van der Waals surface area (Å²) in [6.07, 6.45) is 1.32. The molecular formula is C18H19ClF2O2S. The Morgan fingerprint density at radius 1 is 1.08 bits per heavy atom. The predicted octanol–water partition coefficient (Wildman–Crippen LogP) is 5.57. The third-order valence-corrected chi connectivity index (χ3v) is 6.57. The Balaban J connectivity index is 2.61. The molecule has 0 radical (unpaired) electrons. The highest BCUT2D eigenvalue weighted by Gasteiger charge is 2.35. The SMILES string of the molecule is CCCC(C)C(c1cc(F)ccc1F)S(=O)(=O)c1ccc(Cl)cc1. The Morgan fingerprint density at radius 2 is 1.71 bits per heavy atom. The van der Waals surface area contributed by atoms with Gasteiger partial charge in [-0.25, -0.2) is 17.2 Å². The standard InChI is InChI=1S/C18H19ClF2O2S/c1-3-4-12(2)18(16-11-14(20)7-10-17(16)21)24(22,23)15-8-5-13(19)6-9-15/h5-12,18H,3-4H2,1-2H3. The van der Waals surface area contributed by atoms with Crippen LogP contribution in [0.3, 0.4) is 0 Å². The molecule has 2 aromatic rings. The van der Waals surface area contributed by atoms with Crippen molar-refractivity contribution in [3.63, 3.8) is 0 Å². The molecule has 2 unspecified atom stereocenters. The fourth-order valence-corrected chi connectivity index (χ4v) is 5.09. The van der Waals surface area contributed by atoms with Crippen LogP contribution in [0.2, 0.25) is 5.02 Å². The van der Waals surface area contributed by atoms with Gasteiger partial charge < -0.3 is 0 Å². The average Bonchev–Trinajstić information content (AvgIpc) is 2.51. The van der Waals surface area contributed by atoms with Gasteiger partial charge in [-0.05, 0) is 54.8 Å². The molecule has 6 heteroatoms. The minimum Gasteiger partial charge on any atom is -0.223 e. The summed E-state index contributed by atoms with van der Waals surface area (Å²) in [5.41, 5.74) is -0.133. The number of benzene rings is 2. The smallest absolute Gasteiger partial charge is 0.185 e. The van der Waals surface area contributed by atoms with E-state index in [9.17, 15) is 17.2 Å². The third-order valence-electron chi connectivity index (χ3n) is 4.00. The first kappa shape index (κ1) is 18.9. The highest BCUT2D eigenvalue weighted by atomic mass is 35.5. The first-order valence-corrected chi connectivity index (χ1v) is 9.64. The van der Waals surface area contributed by atoms with Gasteiger partial charge in [0.1, 0.15) is 11.6 Å². The Labute approximate surface area is 146 Å². The van der Waals surface area contributed by atoms with E-state index in [2.05, 4.69) is 0 Å². The molecule has 0 aliphatic carbocycles. The van der Waals surface area contributed by atoms with Crippen LogP contribution in [0.4, 0.5) is 8.78 Å². The first-order chi connectivity index (χ1) is 11.3. The molecule has 0 aromatic heterocycles. The average molecular weight is 373 g/mol. The molecule has 2 rings (SSSR count). The molecule has 0 aliphatic heterocycles. The molecule has 2 aromatic carbocycles. The normalized spacial score (nSPS) is 14.4. The number of sulfone groups is 1. The Bertz CT molecular complexity index is 804. The maximum Gasteiger partial charge on any atom is 0.185 e. The molecule has 0 amide bonds. The van der Waals surface area contributed by atoms with E-state index in [0.29, 0.717) is 11.4 Å². The number of hydrogen-bond donors (Lipinski definition) is 0. The van der Waals surface area contributed by atoms with Gasteiger partial charge >= 0.3 is 0 Å². The highest BCUT2D eigenvalue weighted by Crippen LogP contribution is 2.38. The van der Waals surface area contributed by atoms with Crippen molar-refractivity contribution >= 4 is 21.4 Å². The Kier molecular flexibility index (Phi) is 5.99. The van der Waals surface area contributed by atoms with Crippen LogP contribution >= 0.6 is 11.6 Å². The zero-order valence-corrected chi connectivity index (χ0v) is 15.0. The van der Waals surface area contributed by atoms with Crippen molar-refractivity contribution in [1.29, 1.82) is 0 Å². The molecule has 2 nitrogen and oxygen atoms in total. The van der Waals surface area contributed by atoms with E-state index in [-0.39, 0.29) is 16.4 Å². The summed E-state index contributed by atoms with van der Waals surface area (Å²) in [5.74, 6) is -1.75. The van der Waals surface area contributed by atoms with Crippen LogP contribution in [0.1, 0.15) is 37.5 Å². The molecule has 0 N–H and O–H groups in total. The van der Waals surface area contributed by atoms with E-state index in [1.165, 1.54) is 24.3 Å². The van der Waals surface area contributed by atoms with Crippen molar-refractivity contribution < 1.29 is 17.2 Å². The molecule has 0 fully saturated rings. The first-order valence-electron chi connectivity index (χ1n) is 7.71. The van der Waals surface area contributed by atoms with E-state index >= 15 is 0 Å². The molecule has 0 heterocycles. The van der Waals surface area contributed by atoms with Crippen LogP contribution in [0, 0.1) is 17.6 Å². The summed E-state index contributed by atoms with van der Waals surface area (Å²) >= 11 is 5.81. The summed E-state index contributed by atoms with van der Waals surface area (Å²) in [4.78, 5) is 0.0449. The number of hydrogen-bond acceptors (Lipinski definition) is 2. The minimum atomic E-state index is -3.90. The summed E-state index contributed by atoms with van der Waals surface area (Å²) < 4.78 is 54.1. The lowest BCUT2D eigenvalue weighted by Crippen LogP contribution is -2.22. The van der Waals surface area contributed by atoms with Crippen LogP contribution in [0.25, 0.3) is 0 Å². The monoisotopic (exact) mass is 372 g/mol. The van der Waals surface area contributed by atoms with E-state index in [1.54, 1.807) is 6.92 Å². The molecule has 130 valence electrons. The van der Waals surface area contributed by atoms with Gasteiger partial charge in [-0.1, -0.05) is 31.9 Å². The van der Waals surface area contributed by atoms with Gasteiger partial charge in [-0.15, -0.1) is 0 Å². The van der Waals surface area contributed by atoms with Gasteiger partial charge in [0.15, 0.2) is 9.84 Å². The highest BCUT2D eigenvalue weighted by molar-refractivity contribution is 7.91. The molecule has 2 atom stereocenters. The van der Waals surface area contributed by atoms with Gasteiger partial charge in [0.05, 0.1) is 10.1 Å². The van der Waals surface area contributed by atoms with Crippen molar-refractivity contribution in [3.8, 4) is 0 Å². The van der Waals surface area contributed by atoms with E-state index in [0.717, 1.165) is 24.6 Å². The molecular weight excluding hydrogens is 354 g/mol. The fourth-order valence-electron chi connectivity index (χ4n) is 2.89. The molecule has 0 saturated heterocycles. The van der Waals surface area contributed by atoms with E-state index < -0.39 is 26.7 Å². The largest absolute Gasteiger partial charge is 0.223 e. The molecule has 0 bridgehead atoms. The van der Waals surface area contributed by atoms with Gasteiger partial charge in [-0.2, -0.15) is 0 Å². The van der Waals surface area contributed by atoms with Gasteiger partial charge in [0, 0.05) is 10.6 Å². The topological polar surface area (TPSA) is 34.1 Å². The van der Waals surface area contributed by atoms with Gasteiger partial charge in [0.25, 0.3) is 0 Å². The maximum atomic E-state index is 14.3. The summed E-state index contributed by atoms with van der Waals surface area (Å²) in [6, 6.07) is 8.64. The van der Waals surface area contributed by atoms with Gasteiger partial charge in [0.2, 0.25) is 0 Å². The summed E-state index contributed by atoms with van der Waals surface area (Å²) in [6.45, 7) is 3.66. The van der Waals surface area contributed by atoms with Crippen molar-refractivity contribution in [2.24, 2.45) is 5.92 Å². The van der Waals surface area contributed by atoms with Crippen molar-refractivity contribution in [2.75, 3.05) is 0 Å². The molecule has 0 saturated carbocycles. The molecule has 0 spiro atoms. The second-order valence-corrected chi connectivity index (χ2v) is 8.36. The summed E-state index contributed by atoms with van der Waals surface area (Å²) in [7, 11) is -3.90. The van der Waals surface area contributed by atoms with Crippen LogP contribution < -0.4 is 0 Å². The quantitative estimate of drug-likeness (QED) is 0.664.